The summed E-state index contributed by atoms with van der Waals surface area (Å²) in [6.45, 7) is 0.784. The van der Waals surface area contributed by atoms with E-state index in [1.807, 2.05) is 14.1 Å². The molecule has 0 spiro atoms. The van der Waals surface area contributed by atoms with E-state index in [1.54, 1.807) is 15.9 Å². The number of piperidine rings is 1. The molecular weight excluding hydrogens is 331 g/mol. The van der Waals surface area contributed by atoms with Crippen molar-refractivity contribution in [1.29, 1.82) is 0 Å². The minimum absolute atomic E-state index is 0.0214. The summed E-state index contributed by atoms with van der Waals surface area (Å²) in [5.41, 5.74) is 0.639. The Morgan fingerprint density at radius 1 is 1.38 bits per heavy atom. The zero-order valence-electron chi connectivity index (χ0n) is 14.0. The highest BCUT2D eigenvalue weighted by molar-refractivity contribution is 6.31. The molecule has 130 valence electrons. The Morgan fingerprint density at radius 2 is 2.08 bits per heavy atom. The van der Waals surface area contributed by atoms with Gasteiger partial charge in [-0.25, -0.2) is 4.39 Å². The third-order valence-electron chi connectivity index (χ3n) is 5.49. The number of hydrogen-bond donors (Lipinski definition) is 0. The van der Waals surface area contributed by atoms with E-state index in [0.717, 1.165) is 19.4 Å². The zero-order valence-corrected chi connectivity index (χ0v) is 14.7. The zero-order chi connectivity index (χ0) is 17.4. The molecule has 3 atom stereocenters. The van der Waals surface area contributed by atoms with Crippen LogP contribution in [0.2, 0.25) is 5.02 Å². The second-order valence-corrected chi connectivity index (χ2v) is 7.45. The molecule has 0 radical (unpaired) electrons. The predicted octanol–water partition coefficient (Wildman–Crippen LogP) is 2.74. The Labute approximate surface area is 146 Å². The van der Waals surface area contributed by atoms with Crippen molar-refractivity contribution in [1.82, 2.24) is 9.80 Å². The highest BCUT2D eigenvalue weighted by atomic mass is 35.5. The molecule has 1 aromatic carbocycles. The van der Waals surface area contributed by atoms with E-state index < -0.39 is 5.82 Å². The summed E-state index contributed by atoms with van der Waals surface area (Å²) in [5.74, 6) is 0.625. The van der Waals surface area contributed by atoms with Crippen molar-refractivity contribution in [3.05, 3.63) is 34.6 Å². The number of rotatable bonds is 3. The Morgan fingerprint density at radius 3 is 2.79 bits per heavy atom. The van der Waals surface area contributed by atoms with Gasteiger partial charge in [-0.1, -0.05) is 17.7 Å². The molecule has 2 fully saturated rings. The van der Waals surface area contributed by atoms with Crippen LogP contribution in [0.25, 0.3) is 0 Å². The fraction of sp³-hybridized carbons (Fsp3) is 0.556. The predicted molar refractivity (Wildman–Crippen MR) is 90.1 cm³/mol. The molecule has 0 aromatic heterocycles. The smallest absolute Gasteiger partial charge is 0.227 e. The van der Waals surface area contributed by atoms with Crippen LogP contribution in [-0.4, -0.2) is 48.3 Å². The lowest BCUT2D eigenvalue weighted by Gasteiger charge is -2.31. The number of likely N-dealkylation sites (tertiary alicyclic amines) is 1. The molecule has 6 heteroatoms. The van der Waals surface area contributed by atoms with Crippen LogP contribution in [0, 0.1) is 17.7 Å². The van der Waals surface area contributed by atoms with Gasteiger partial charge in [-0.05, 0) is 42.4 Å². The van der Waals surface area contributed by atoms with Gasteiger partial charge in [-0.2, -0.15) is 0 Å². The van der Waals surface area contributed by atoms with E-state index in [2.05, 4.69) is 0 Å². The lowest BCUT2D eigenvalue weighted by Crippen LogP contribution is -2.40. The van der Waals surface area contributed by atoms with Crippen molar-refractivity contribution in [2.24, 2.45) is 11.8 Å². The molecule has 2 aliphatic rings. The maximum absolute atomic E-state index is 13.1. The normalized spacial score (nSPS) is 26.4. The highest BCUT2D eigenvalue weighted by Crippen LogP contribution is 2.40. The topological polar surface area (TPSA) is 40.6 Å². The molecule has 2 amide bonds. The standard InChI is InChI=1S/C18H22ClFN2O2/c1-21-10-13-6-15(5-12(13)8-17(21)23)22(2)18(24)7-11-3-4-14(20)9-16(11)19/h3-4,9,12-13,15H,5-8,10H2,1-2H3/t12-,13+,15-/m1/s1. The van der Waals surface area contributed by atoms with Crippen LogP contribution in [0.15, 0.2) is 18.2 Å². The summed E-state index contributed by atoms with van der Waals surface area (Å²) in [5, 5.41) is 0.282. The lowest BCUT2D eigenvalue weighted by molar-refractivity contribution is -0.135. The number of likely N-dealkylation sites (N-methyl/N-ethyl adjacent to an activating group) is 1. The van der Waals surface area contributed by atoms with Gasteiger partial charge in [-0.15, -0.1) is 0 Å². The van der Waals surface area contributed by atoms with Crippen LogP contribution in [0.5, 0.6) is 0 Å². The van der Waals surface area contributed by atoms with Gasteiger partial charge in [0.15, 0.2) is 0 Å². The van der Waals surface area contributed by atoms with Gasteiger partial charge in [0.05, 0.1) is 6.42 Å². The van der Waals surface area contributed by atoms with Crippen molar-refractivity contribution >= 4 is 23.4 Å². The summed E-state index contributed by atoms with van der Waals surface area (Å²) in [4.78, 5) is 28.0. The monoisotopic (exact) mass is 352 g/mol. The van der Waals surface area contributed by atoms with Crippen LogP contribution in [0.1, 0.15) is 24.8 Å². The molecular formula is C18H22ClFN2O2. The Balaban J connectivity index is 1.63. The first-order valence-electron chi connectivity index (χ1n) is 8.28. The number of carbonyl (C=O) groups is 2. The summed E-state index contributed by atoms with van der Waals surface area (Å²) in [6.07, 6.45) is 2.56. The second-order valence-electron chi connectivity index (χ2n) is 7.04. The Bertz CT molecular complexity index is 666. The van der Waals surface area contributed by atoms with Gasteiger partial charge < -0.3 is 9.80 Å². The van der Waals surface area contributed by atoms with E-state index in [9.17, 15) is 14.0 Å². The van der Waals surface area contributed by atoms with E-state index >= 15 is 0 Å². The number of fused-ring (bicyclic) bond motifs is 1. The average molecular weight is 353 g/mol. The third kappa shape index (κ3) is 3.41. The number of nitrogens with zero attached hydrogens (tertiary/aromatic N) is 2. The average Bonchev–Trinajstić information content (AvgIpc) is 2.92. The van der Waals surface area contributed by atoms with Gasteiger partial charge in [0.25, 0.3) is 0 Å². The summed E-state index contributed by atoms with van der Waals surface area (Å²) >= 11 is 6.02. The van der Waals surface area contributed by atoms with Crippen molar-refractivity contribution < 1.29 is 14.0 Å². The maximum atomic E-state index is 13.1. The Kier molecular flexibility index (Phi) is 4.81. The number of carbonyl (C=O) groups excluding carboxylic acids is 2. The largest absolute Gasteiger partial charge is 0.345 e. The van der Waals surface area contributed by atoms with E-state index in [0.29, 0.717) is 23.8 Å². The maximum Gasteiger partial charge on any atom is 0.227 e. The first kappa shape index (κ1) is 17.2. The van der Waals surface area contributed by atoms with E-state index in [4.69, 9.17) is 11.6 Å². The first-order valence-corrected chi connectivity index (χ1v) is 8.66. The molecule has 0 unspecified atom stereocenters. The fourth-order valence-electron chi connectivity index (χ4n) is 3.96. The number of amides is 2. The van der Waals surface area contributed by atoms with Crippen LogP contribution < -0.4 is 0 Å². The number of benzene rings is 1. The second kappa shape index (κ2) is 6.71. The van der Waals surface area contributed by atoms with Crippen molar-refractivity contribution in [3.8, 4) is 0 Å². The quantitative estimate of drug-likeness (QED) is 0.839. The van der Waals surface area contributed by atoms with Crippen LogP contribution in [0.4, 0.5) is 4.39 Å². The number of halogens is 2. The van der Waals surface area contributed by atoms with Crippen LogP contribution in [-0.2, 0) is 16.0 Å². The van der Waals surface area contributed by atoms with Gasteiger partial charge in [0.2, 0.25) is 11.8 Å². The first-order chi connectivity index (χ1) is 11.3. The Hall–Kier alpha value is -1.62. The summed E-state index contributed by atoms with van der Waals surface area (Å²) in [7, 11) is 3.66. The van der Waals surface area contributed by atoms with E-state index in [-0.39, 0.29) is 29.3 Å². The molecule has 24 heavy (non-hydrogen) atoms. The lowest BCUT2D eigenvalue weighted by atomic mass is 9.88. The van der Waals surface area contributed by atoms with Crippen molar-refractivity contribution in [2.75, 3.05) is 20.6 Å². The molecule has 4 nitrogen and oxygen atoms in total. The van der Waals surface area contributed by atoms with Crippen LogP contribution in [0.3, 0.4) is 0 Å². The van der Waals surface area contributed by atoms with Crippen molar-refractivity contribution in [2.45, 2.75) is 31.7 Å². The van der Waals surface area contributed by atoms with E-state index in [1.165, 1.54) is 12.1 Å². The van der Waals surface area contributed by atoms with Crippen LogP contribution >= 0.6 is 11.6 Å². The number of hydrogen-bond acceptors (Lipinski definition) is 2. The molecule has 1 saturated carbocycles. The highest BCUT2D eigenvalue weighted by Gasteiger charge is 2.42. The molecule has 1 aromatic rings. The SMILES string of the molecule is CN1C[C@@H]2C[C@H](N(C)C(=O)Cc3ccc(F)cc3Cl)C[C@@H]2CC1=O. The molecule has 0 bridgehead atoms. The third-order valence-corrected chi connectivity index (χ3v) is 5.84. The fourth-order valence-corrected chi connectivity index (χ4v) is 4.19. The van der Waals surface area contributed by atoms with Gasteiger partial charge in [-0.3, -0.25) is 9.59 Å². The van der Waals surface area contributed by atoms with Gasteiger partial charge in [0.1, 0.15) is 5.82 Å². The molecule has 0 N–H and O–H groups in total. The molecule has 1 saturated heterocycles. The molecule has 1 heterocycles. The van der Waals surface area contributed by atoms with Crippen molar-refractivity contribution in [3.63, 3.8) is 0 Å². The molecule has 3 rings (SSSR count). The summed E-state index contributed by atoms with van der Waals surface area (Å²) in [6, 6.07) is 4.27. The van der Waals surface area contributed by atoms with Gasteiger partial charge >= 0.3 is 0 Å². The minimum Gasteiger partial charge on any atom is -0.345 e. The van der Waals surface area contributed by atoms with Gasteiger partial charge in [0, 0.05) is 38.1 Å². The summed E-state index contributed by atoms with van der Waals surface area (Å²) < 4.78 is 13.1. The minimum atomic E-state index is -0.404. The molecule has 1 aliphatic carbocycles. The molecule has 1 aliphatic heterocycles.